The summed E-state index contributed by atoms with van der Waals surface area (Å²) < 4.78 is 4.67. The fraction of sp³-hybridized carbons (Fsp3) is 0.150. The number of pyridine rings is 1. The molecule has 2 heteroatoms. The third-order valence-corrected chi connectivity index (χ3v) is 4.59. The fourth-order valence-corrected chi connectivity index (χ4v) is 3.64. The molecule has 2 nitrogen and oxygen atoms in total. The number of hydrogen-bond donors (Lipinski definition) is 0. The lowest BCUT2D eigenvalue weighted by Crippen LogP contribution is -2.45. The molecule has 0 amide bonds. The monoisotopic (exact) mass is 287 g/mol. The number of aromatic nitrogens is 2. The summed E-state index contributed by atoms with van der Waals surface area (Å²) in [7, 11) is 0. The highest BCUT2D eigenvalue weighted by atomic mass is 15.2. The highest BCUT2D eigenvalue weighted by Crippen LogP contribution is 2.37. The lowest BCUT2D eigenvalue weighted by molar-refractivity contribution is -0.706. The smallest absolute Gasteiger partial charge is 0.227 e. The minimum atomic E-state index is 0.332. The lowest BCUT2D eigenvalue weighted by atomic mass is 10.0. The van der Waals surface area contributed by atoms with Crippen molar-refractivity contribution >= 4 is 23.1 Å². The van der Waals surface area contributed by atoms with Crippen LogP contribution < -0.4 is 4.57 Å². The molecule has 0 radical (unpaired) electrons. The van der Waals surface area contributed by atoms with Gasteiger partial charge in [-0.25, -0.2) is 4.57 Å². The highest BCUT2D eigenvalue weighted by molar-refractivity contribution is 5.97. The van der Waals surface area contributed by atoms with Crippen molar-refractivity contribution in [3.05, 3.63) is 72.1 Å². The molecular weight excluding hydrogens is 268 g/mol. The van der Waals surface area contributed by atoms with Gasteiger partial charge in [-0.3, -0.25) is 0 Å². The lowest BCUT2D eigenvalue weighted by Gasteiger charge is -2.20. The van der Waals surface area contributed by atoms with Gasteiger partial charge in [-0.05, 0) is 32.1 Å². The number of para-hydroxylation sites is 1. The molecule has 0 aliphatic carbocycles. The summed E-state index contributed by atoms with van der Waals surface area (Å²) in [4.78, 5) is 0. The number of fused-ring (bicyclic) bond motifs is 2. The van der Waals surface area contributed by atoms with E-state index in [0.29, 0.717) is 6.04 Å². The molecule has 2 aromatic heterocycles. The van der Waals surface area contributed by atoms with Gasteiger partial charge >= 0.3 is 0 Å². The van der Waals surface area contributed by atoms with Crippen LogP contribution >= 0.6 is 0 Å². The summed E-state index contributed by atoms with van der Waals surface area (Å²) in [5.74, 6) is 1.20. The maximum Gasteiger partial charge on any atom is 0.287 e. The standard InChI is InChI=1S/C20H19N2/c1-4-9-16-17-11-8-10-15-14(3)21-13-7-6-12-19(21)22(20(15)17)18(16)5-2/h4-14H,2H2,1,3H3/q+1/b9-4-/t14-/m1/s1. The molecule has 108 valence electrons. The molecule has 1 aliphatic rings. The van der Waals surface area contributed by atoms with Gasteiger partial charge < -0.3 is 0 Å². The van der Waals surface area contributed by atoms with Crippen LogP contribution in [0.25, 0.3) is 28.9 Å². The van der Waals surface area contributed by atoms with Crippen LogP contribution in [0.3, 0.4) is 0 Å². The first-order valence-corrected chi connectivity index (χ1v) is 7.71. The Morgan fingerprint density at radius 2 is 2.05 bits per heavy atom. The van der Waals surface area contributed by atoms with E-state index in [-0.39, 0.29) is 0 Å². The van der Waals surface area contributed by atoms with Crippen molar-refractivity contribution in [2.24, 2.45) is 0 Å². The number of hydrogen-bond acceptors (Lipinski definition) is 0. The molecule has 1 aliphatic heterocycles. The summed E-state index contributed by atoms with van der Waals surface area (Å²) in [6, 6.07) is 13.3. The zero-order valence-electron chi connectivity index (χ0n) is 13.0. The third kappa shape index (κ3) is 1.52. The molecule has 1 atom stereocenters. The van der Waals surface area contributed by atoms with Crippen molar-refractivity contribution in [2.75, 3.05) is 0 Å². The first-order chi connectivity index (χ1) is 10.8. The summed E-state index contributed by atoms with van der Waals surface area (Å²) in [6.45, 7) is 8.38. The van der Waals surface area contributed by atoms with Crippen molar-refractivity contribution < 1.29 is 4.57 Å². The Hall–Kier alpha value is -2.61. The second kappa shape index (κ2) is 4.70. The molecule has 1 aromatic carbocycles. The van der Waals surface area contributed by atoms with Gasteiger partial charge in [0, 0.05) is 22.6 Å². The molecule has 0 fully saturated rings. The van der Waals surface area contributed by atoms with E-state index in [2.05, 4.69) is 84.3 Å². The third-order valence-electron chi connectivity index (χ3n) is 4.59. The van der Waals surface area contributed by atoms with Crippen molar-refractivity contribution in [1.29, 1.82) is 0 Å². The van der Waals surface area contributed by atoms with E-state index in [1.165, 1.54) is 27.8 Å². The van der Waals surface area contributed by atoms with Gasteiger partial charge in [-0.2, -0.15) is 4.57 Å². The predicted molar refractivity (Wildman–Crippen MR) is 92.1 cm³/mol. The highest BCUT2D eigenvalue weighted by Gasteiger charge is 2.33. The number of nitrogens with zero attached hydrogens (tertiary/aromatic N) is 2. The van der Waals surface area contributed by atoms with Gasteiger partial charge in [0.1, 0.15) is 17.3 Å². The van der Waals surface area contributed by atoms with Crippen LogP contribution in [0, 0.1) is 0 Å². The predicted octanol–water partition coefficient (Wildman–Crippen LogP) is 4.52. The maximum atomic E-state index is 4.06. The minimum absolute atomic E-state index is 0.332. The molecule has 0 bridgehead atoms. The Morgan fingerprint density at radius 3 is 2.82 bits per heavy atom. The van der Waals surface area contributed by atoms with Crippen molar-refractivity contribution in [1.82, 2.24) is 4.57 Å². The van der Waals surface area contributed by atoms with Gasteiger partial charge in [0.15, 0.2) is 0 Å². The minimum Gasteiger partial charge on any atom is -0.227 e. The molecule has 0 unspecified atom stereocenters. The van der Waals surface area contributed by atoms with E-state index in [9.17, 15) is 0 Å². The number of allylic oxidation sites excluding steroid dienone is 1. The molecule has 0 N–H and O–H groups in total. The molecular formula is C20H19N2+. The van der Waals surface area contributed by atoms with E-state index in [0.717, 1.165) is 5.69 Å². The Bertz CT molecular complexity index is 928. The van der Waals surface area contributed by atoms with Gasteiger partial charge in [0.05, 0.1) is 6.20 Å². The Balaban J connectivity index is 2.27. The molecule has 3 aromatic rings. The first-order valence-electron chi connectivity index (χ1n) is 7.71. The zero-order chi connectivity index (χ0) is 15.3. The van der Waals surface area contributed by atoms with Crippen LogP contribution in [0.2, 0.25) is 0 Å². The van der Waals surface area contributed by atoms with Crippen LogP contribution in [0.1, 0.15) is 36.7 Å². The second-order valence-electron chi connectivity index (χ2n) is 5.72. The Labute approximate surface area is 130 Å². The number of benzene rings is 1. The summed E-state index contributed by atoms with van der Waals surface area (Å²) >= 11 is 0. The Morgan fingerprint density at radius 1 is 1.18 bits per heavy atom. The van der Waals surface area contributed by atoms with Crippen LogP contribution in [-0.2, 0) is 0 Å². The summed E-state index contributed by atoms with van der Waals surface area (Å²) in [6.07, 6.45) is 8.40. The fourth-order valence-electron chi connectivity index (χ4n) is 3.64. The van der Waals surface area contributed by atoms with Crippen molar-refractivity contribution in [2.45, 2.75) is 19.9 Å². The zero-order valence-corrected chi connectivity index (χ0v) is 13.0. The first kappa shape index (κ1) is 13.1. The van der Waals surface area contributed by atoms with Gasteiger partial charge in [0.25, 0.3) is 5.82 Å². The molecule has 0 spiro atoms. The normalized spacial score (nSPS) is 16.2. The largest absolute Gasteiger partial charge is 0.287 e. The maximum absolute atomic E-state index is 4.06. The van der Waals surface area contributed by atoms with Crippen LogP contribution in [-0.4, -0.2) is 4.57 Å². The SMILES string of the molecule is C=Cc1c(/C=C\C)c2cccc3c2n1-c1cccc[n+]1[C@@H]3C. The molecule has 22 heavy (non-hydrogen) atoms. The van der Waals surface area contributed by atoms with Gasteiger partial charge in [0.2, 0.25) is 0 Å². The van der Waals surface area contributed by atoms with E-state index >= 15 is 0 Å². The average Bonchev–Trinajstić information content (AvgIpc) is 2.88. The molecule has 0 saturated heterocycles. The van der Waals surface area contributed by atoms with Crippen molar-refractivity contribution in [3.63, 3.8) is 0 Å². The van der Waals surface area contributed by atoms with Crippen LogP contribution in [0.15, 0.2) is 55.3 Å². The van der Waals surface area contributed by atoms with Gasteiger partial charge in [-0.15, -0.1) is 0 Å². The average molecular weight is 287 g/mol. The van der Waals surface area contributed by atoms with Crippen molar-refractivity contribution in [3.8, 4) is 5.82 Å². The Kier molecular flexibility index (Phi) is 2.80. The van der Waals surface area contributed by atoms with E-state index in [4.69, 9.17) is 0 Å². The van der Waals surface area contributed by atoms with Crippen LogP contribution in [0.5, 0.6) is 0 Å². The van der Waals surface area contributed by atoms with E-state index in [1.807, 2.05) is 6.08 Å². The van der Waals surface area contributed by atoms with E-state index < -0.39 is 0 Å². The second-order valence-corrected chi connectivity index (χ2v) is 5.72. The number of rotatable bonds is 2. The topological polar surface area (TPSA) is 8.81 Å². The van der Waals surface area contributed by atoms with Gasteiger partial charge in [-0.1, -0.05) is 36.9 Å². The summed E-state index contributed by atoms with van der Waals surface area (Å²) in [5, 5.41) is 1.30. The van der Waals surface area contributed by atoms with Crippen LogP contribution in [0.4, 0.5) is 0 Å². The summed E-state index contributed by atoms with van der Waals surface area (Å²) in [5.41, 5.74) is 5.08. The van der Waals surface area contributed by atoms with E-state index in [1.54, 1.807) is 0 Å². The molecule has 3 heterocycles. The quantitative estimate of drug-likeness (QED) is 0.613. The molecule has 4 rings (SSSR count). The molecule has 0 saturated carbocycles.